The lowest BCUT2D eigenvalue weighted by Crippen LogP contribution is -2.49. The van der Waals surface area contributed by atoms with Gasteiger partial charge in [0.25, 0.3) is 0 Å². The number of ether oxygens (including phenoxy) is 1. The molecule has 0 radical (unpaired) electrons. The molecule has 1 unspecified atom stereocenters. The first kappa shape index (κ1) is 19.8. The molecule has 1 rings (SSSR count). The summed E-state index contributed by atoms with van der Waals surface area (Å²) < 4.78 is 5.86. The molecule has 1 amide bonds. The number of hydrogen-bond acceptors (Lipinski definition) is 3. The maximum Gasteiger partial charge on any atom is 0.239 e. The largest absolute Gasteiger partial charge is 0.489 e. The van der Waals surface area contributed by atoms with Crippen LogP contribution in [0.5, 0.6) is 5.75 Å². The van der Waals surface area contributed by atoms with Gasteiger partial charge in [-0.05, 0) is 52.3 Å². The fourth-order valence-electron chi connectivity index (χ4n) is 2.05. The van der Waals surface area contributed by atoms with Crippen molar-refractivity contribution in [3.05, 3.63) is 29.8 Å². The van der Waals surface area contributed by atoms with Crippen LogP contribution in [0.3, 0.4) is 0 Å². The third-order valence-electron chi connectivity index (χ3n) is 3.04. The minimum absolute atomic E-state index is 0.0336. The van der Waals surface area contributed by atoms with Gasteiger partial charge in [-0.3, -0.25) is 9.79 Å². The van der Waals surface area contributed by atoms with Crippen molar-refractivity contribution in [3.8, 4) is 5.75 Å². The summed E-state index contributed by atoms with van der Waals surface area (Å²) in [5.41, 5.74) is 0.918. The van der Waals surface area contributed by atoms with Gasteiger partial charge in [-0.2, -0.15) is 0 Å². The second-order valence-electron chi connectivity index (χ2n) is 6.85. The first-order valence-corrected chi connectivity index (χ1v) is 8.18. The molecule has 0 aliphatic heterocycles. The maximum absolute atomic E-state index is 11.8. The summed E-state index contributed by atoms with van der Waals surface area (Å²) in [5, 5.41) is 9.04. The second kappa shape index (κ2) is 9.15. The highest BCUT2D eigenvalue weighted by molar-refractivity contribution is 5.86. The number of amides is 1. The van der Waals surface area contributed by atoms with Gasteiger partial charge in [0.05, 0.1) is 13.1 Å². The number of aliphatic imine (C=N–C) groups is 1. The van der Waals surface area contributed by atoms with Crippen LogP contribution >= 0.6 is 0 Å². The molecule has 0 aliphatic rings. The SMILES string of the molecule is CN=C(NCC(=O)NC(C)(C)C)NCC(C)Oc1cccc(C)c1. The fraction of sp³-hybridized carbons (Fsp3) is 0.556. The Bertz CT molecular complexity index is 564. The van der Waals surface area contributed by atoms with Gasteiger partial charge in [0.15, 0.2) is 5.96 Å². The molecule has 3 N–H and O–H groups in total. The summed E-state index contributed by atoms with van der Waals surface area (Å²) in [4.78, 5) is 15.9. The number of rotatable bonds is 6. The van der Waals surface area contributed by atoms with E-state index in [1.807, 2.05) is 58.9 Å². The van der Waals surface area contributed by atoms with E-state index < -0.39 is 0 Å². The normalized spacial score (nSPS) is 13.2. The van der Waals surface area contributed by atoms with Crippen molar-refractivity contribution in [2.24, 2.45) is 4.99 Å². The predicted octanol–water partition coefficient (Wildman–Crippen LogP) is 1.84. The Morgan fingerprint density at radius 1 is 1.29 bits per heavy atom. The number of guanidine groups is 1. The predicted molar refractivity (Wildman–Crippen MR) is 98.5 cm³/mol. The molecule has 0 spiro atoms. The van der Waals surface area contributed by atoms with Crippen molar-refractivity contribution in [2.45, 2.75) is 46.3 Å². The van der Waals surface area contributed by atoms with E-state index in [-0.39, 0.29) is 24.1 Å². The first-order chi connectivity index (χ1) is 11.2. The van der Waals surface area contributed by atoms with Crippen molar-refractivity contribution in [1.29, 1.82) is 0 Å². The Morgan fingerprint density at radius 3 is 2.58 bits per heavy atom. The smallest absolute Gasteiger partial charge is 0.239 e. The average Bonchev–Trinajstić information content (AvgIpc) is 2.45. The van der Waals surface area contributed by atoms with Crippen molar-refractivity contribution in [2.75, 3.05) is 20.1 Å². The summed E-state index contributed by atoms with van der Waals surface area (Å²) >= 11 is 0. The topological polar surface area (TPSA) is 74.8 Å². The van der Waals surface area contributed by atoms with E-state index in [0.717, 1.165) is 11.3 Å². The van der Waals surface area contributed by atoms with Crippen molar-refractivity contribution < 1.29 is 9.53 Å². The molecule has 6 nitrogen and oxygen atoms in total. The van der Waals surface area contributed by atoms with Gasteiger partial charge in [-0.25, -0.2) is 0 Å². The molecule has 0 fully saturated rings. The van der Waals surface area contributed by atoms with Crippen molar-refractivity contribution >= 4 is 11.9 Å². The zero-order valence-corrected chi connectivity index (χ0v) is 15.6. The minimum atomic E-state index is -0.244. The minimum Gasteiger partial charge on any atom is -0.489 e. The summed E-state index contributed by atoms with van der Waals surface area (Å²) in [6.07, 6.45) is -0.0336. The van der Waals surface area contributed by atoms with Crippen LogP contribution < -0.4 is 20.7 Å². The number of nitrogens with zero attached hydrogens (tertiary/aromatic N) is 1. The molecule has 1 atom stereocenters. The lowest BCUT2D eigenvalue weighted by Gasteiger charge is -2.21. The molecule has 0 aromatic heterocycles. The molecule has 6 heteroatoms. The highest BCUT2D eigenvalue weighted by atomic mass is 16.5. The second-order valence-corrected chi connectivity index (χ2v) is 6.85. The lowest BCUT2D eigenvalue weighted by molar-refractivity contribution is -0.121. The summed E-state index contributed by atoms with van der Waals surface area (Å²) in [6.45, 7) is 10.6. The molecule has 0 saturated carbocycles. The number of benzene rings is 1. The van der Waals surface area contributed by atoms with Crippen LogP contribution in [0.25, 0.3) is 0 Å². The van der Waals surface area contributed by atoms with E-state index in [9.17, 15) is 4.79 Å². The van der Waals surface area contributed by atoms with Crippen LogP contribution in [0.1, 0.15) is 33.3 Å². The number of hydrogen-bond donors (Lipinski definition) is 3. The Morgan fingerprint density at radius 2 is 2.00 bits per heavy atom. The van der Waals surface area contributed by atoms with E-state index in [0.29, 0.717) is 12.5 Å². The van der Waals surface area contributed by atoms with Crippen molar-refractivity contribution in [3.63, 3.8) is 0 Å². The highest BCUT2D eigenvalue weighted by Gasteiger charge is 2.14. The standard InChI is InChI=1S/C18H30N4O2/c1-13-8-7-9-15(10-13)24-14(2)11-20-17(19-6)21-12-16(23)22-18(3,4)5/h7-10,14H,11-12H2,1-6H3,(H,22,23)(H2,19,20,21). The van der Waals surface area contributed by atoms with Gasteiger partial charge in [-0.15, -0.1) is 0 Å². The first-order valence-electron chi connectivity index (χ1n) is 8.18. The third kappa shape index (κ3) is 8.41. The molecular formula is C18H30N4O2. The Kier molecular flexibility index (Phi) is 7.55. The van der Waals surface area contributed by atoms with Crippen LogP contribution in [0.2, 0.25) is 0 Å². The molecule has 24 heavy (non-hydrogen) atoms. The van der Waals surface area contributed by atoms with Crippen LogP contribution in [0.15, 0.2) is 29.3 Å². The monoisotopic (exact) mass is 334 g/mol. The van der Waals surface area contributed by atoms with Gasteiger partial charge in [-0.1, -0.05) is 12.1 Å². The summed E-state index contributed by atoms with van der Waals surface area (Å²) in [6, 6.07) is 7.94. The van der Waals surface area contributed by atoms with Crippen LogP contribution in [0, 0.1) is 6.92 Å². The Labute approximate surface area is 145 Å². The Balaban J connectivity index is 2.37. The Hall–Kier alpha value is -2.24. The van der Waals surface area contributed by atoms with Crippen LogP contribution in [0.4, 0.5) is 0 Å². The number of carbonyl (C=O) groups excluding carboxylic acids is 1. The van der Waals surface area contributed by atoms with Gasteiger partial charge < -0.3 is 20.7 Å². The van der Waals surface area contributed by atoms with E-state index in [4.69, 9.17) is 4.74 Å². The summed E-state index contributed by atoms with van der Waals surface area (Å²) in [7, 11) is 1.67. The third-order valence-corrected chi connectivity index (χ3v) is 3.04. The zero-order valence-electron chi connectivity index (χ0n) is 15.6. The van der Waals surface area contributed by atoms with Gasteiger partial charge in [0.2, 0.25) is 5.91 Å². The molecular weight excluding hydrogens is 304 g/mol. The van der Waals surface area contributed by atoms with E-state index in [1.165, 1.54) is 0 Å². The van der Waals surface area contributed by atoms with Gasteiger partial charge in [0, 0.05) is 12.6 Å². The molecule has 1 aromatic rings. The average molecular weight is 334 g/mol. The van der Waals surface area contributed by atoms with E-state index in [1.54, 1.807) is 7.05 Å². The molecule has 134 valence electrons. The number of carbonyl (C=O) groups is 1. The molecule has 0 saturated heterocycles. The van der Waals surface area contributed by atoms with Crippen LogP contribution in [-0.4, -0.2) is 43.6 Å². The molecule has 0 heterocycles. The quantitative estimate of drug-likeness (QED) is 0.548. The fourth-order valence-corrected chi connectivity index (χ4v) is 2.05. The highest BCUT2D eigenvalue weighted by Crippen LogP contribution is 2.13. The number of aryl methyl sites for hydroxylation is 1. The molecule has 0 aliphatic carbocycles. The van der Waals surface area contributed by atoms with Gasteiger partial charge in [0.1, 0.15) is 11.9 Å². The van der Waals surface area contributed by atoms with E-state index >= 15 is 0 Å². The zero-order chi connectivity index (χ0) is 18.2. The van der Waals surface area contributed by atoms with Crippen LogP contribution in [-0.2, 0) is 4.79 Å². The van der Waals surface area contributed by atoms with Crippen molar-refractivity contribution in [1.82, 2.24) is 16.0 Å². The number of nitrogens with one attached hydrogen (secondary N) is 3. The maximum atomic E-state index is 11.8. The molecule has 1 aromatic carbocycles. The summed E-state index contributed by atoms with van der Waals surface area (Å²) in [5.74, 6) is 1.34. The van der Waals surface area contributed by atoms with E-state index in [2.05, 4.69) is 20.9 Å². The van der Waals surface area contributed by atoms with Gasteiger partial charge >= 0.3 is 0 Å². The lowest BCUT2D eigenvalue weighted by atomic mass is 10.1. The molecule has 0 bridgehead atoms.